The van der Waals surface area contributed by atoms with Gasteiger partial charge >= 0.3 is 0 Å². The number of hydrogen-bond acceptors (Lipinski definition) is 3. The van der Waals surface area contributed by atoms with Crippen molar-refractivity contribution in [2.75, 3.05) is 5.32 Å². The fourth-order valence-electron chi connectivity index (χ4n) is 2.18. The minimum Gasteiger partial charge on any atom is -0.409 e. The lowest BCUT2D eigenvalue weighted by Crippen LogP contribution is -2.13. The fourth-order valence-corrected chi connectivity index (χ4v) is 2.18. The molecular formula is C16H19N3O. The van der Waals surface area contributed by atoms with Gasteiger partial charge in [-0.3, -0.25) is 0 Å². The van der Waals surface area contributed by atoms with E-state index in [1.807, 2.05) is 24.3 Å². The summed E-state index contributed by atoms with van der Waals surface area (Å²) < 4.78 is 0. The number of rotatable bonds is 4. The number of amidine groups is 1. The smallest absolute Gasteiger partial charge is 0.170 e. The van der Waals surface area contributed by atoms with E-state index in [4.69, 9.17) is 10.9 Å². The predicted molar refractivity (Wildman–Crippen MR) is 82.2 cm³/mol. The fraction of sp³-hybridized carbons (Fsp3) is 0.188. The van der Waals surface area contributed by atoms with Gasteiger partial charge in [0.2, 0.25) is 0 Å². The number of hydrogen-bond donors (Lipinski definition) is 3. The zero-order valence-electron chi connectivity index (χ0n) is 11.7. The summed E-state index contributed by atoms with van der Waals surface area (Å²) in [4.78, 5) is 0. The number of nitrogens with one attached hydrogen (secondary N) is 1. The van der Waals surface area contributed by atoms with Crippen LogP contribution in [-0.2, 0) is 6.54 Å². The second-order valence-electron chi connectivity index (χ2n) is 4.81. The standard InChI is InChI=1S/C16H19N3O/c1-11-5-3-6-12(2)15(11)18-10-13-7-4-8-14(9-13)16(17)19-20/h3-9,18,20H,10H2,1-2H3,(H2,17,19). The molecule has 2 aromatic carbocycles. The highest BCUT2D eigenvalue weighted by Gasteiger charge is 2.03. The van der Waals surface area contributed by atoms with Gasteiger partial charge < -0.3 is 16.3 Å². The van der Waals surface area contributed by atoms with Gasteiger partial charge in [-0.2, -0.15) is 0 Å². The Morgan fingerprint density at radius 1 is 1.15 bits per heavy atom. The number of oxime groups is 1. The Morgan fingerprint density at radius 2 is 1.80 bits per heavy atom. The Hall–Kier alpha value is -2.49. The number of para-hydroxylation sites is 1. The quantitative estimate of drug-likeness (QED) is 0.346. The second kappa shape index (κ2) is 6.10. The van der Waals surface area contributed by atoms with Crippen molar-refractivity contribution in [3.05, 3.63) is 64.7 Å². The van der Waals surface area contributed by atoms with Gasteiger partial charge in [-0.05, 0) is 36.6 Å². The summed E-state index contributed by atoms with van der Waals surface area (Å²) >= 11 is 0. The number of benzene rings is 2. The van der Waals surface area contributed by atoms with E-state index in [1.54, 1.807) is 0 Å². The lowest BCUT2D eigenvalue weighted by molar-refractivity contribution is 0.318. The van der Waals surface area contributed by atoms with Crippen molar-refractivity contribution >= 4 is 11.5 Å². The Balaban J connectivity index is 2.15. The molecule has 4 nitrogen and oxygen atoms in total. The largest absolute Gasteiger partial charge is 0.409 e. The third kappa shape index (κ3) is 3.09. The van der Waals surface area contributed by atoms with E-state index < -0.39 is 0 Å². The average molecular weight is 269 g/mol. The van der Waals surface area contributed by atoms with Crippen LogP contribution in [0.15, 0.2) is 47.6 Å². The first kappa shape index (κ1) is 13.9. The summed E-state index contributed by atoms with van der Waals surface area (Å²) in [5.74, 6) is 0.124. The third-order valence-electron chi connectivity index (χ3n) is 3.28. The van der Waals surface area contributed by atoms with Gasteiger partial charge in [0.05, 0.1) is 0 Å². The van der Waals surface area contributed by atoms with Gasteiger partial charge in [0.25, 0.3) is 0 Å². The van der Waals surface area contributed by atoms with Crippen LogP contribution in [0.1, 0.15) is 22.3 Å². The molecule has 2 aromatic rings. The van der Waals surface area contributed by atoms with Gasteiger partial charge in [-0.15, -0.1) is 0 Å². The number of nitrogens with two attached hydrogens (primary N) is 1. The molecular weight excluding hydrogens is 250 g/mol. The Labute approximate surface area is 118 Å². The molecule has 0 heterocycles. The van der Waals surface area contributed by atoms with Crippen molar-refractivity contribution in [2.45, 2.75) is 20.4 Å². The van der Waals surface area contributed by atoms with Crippen LogP contribution >= 0.6 is 0 Å². The van der Waals surface area contributed by atoms with Gasteiger partial charge in [0, 0.05) is 17.8 Å². The lowest BCUT2D eigenvalue weighted by atomic mass is 10.1. The second-order valence-corrected chi connectivity index (χ2v) is 4.81. The van der Waals surface area contributed by atoms with Crippen molar-refractivity contribution in [3.8, 4) is 0 Å². The molecule has 20 heavy (non-hydrogen) atoms. The normalized spacial score (nSPS) is 11.4. The minimum absolute atomic E-state index is 0.124. The first-order valence-corrected chi connectivity index (χ1v) is 6.48. The van der Waals surface area contributed by atoms with E-state index >= 15 is 0 Å². The molecule has 0 saturated heterocycles. The monoisotopic (exact) mass is 269 g/mol. The number of nitrogens with zero attached hydrogens (tertiary/aromatic N) is 1. The highest BCUT2D eigenvalue weighted by molar-refractivity contribution is 5.97. The number of aryl methyl sites for hydroxylation is 2. The molecule has 0 fully saturated rings. The van der Waals surface area contributed by atoms with E-state index in [0.29, 0.717) is 12.1 Å². The van der Waals surface area contributed by atoms with E-state index in [1.165, 1.54) is 11.1 Å². The number of anilines is 1. The SMILES string of the molecule is Cc1cccc(C)c1NCc1cccc(C(N)=NO)c1. The summed E-state index contributed by atoms with van der Waals surface area (Å²) in [6.07, 6.45) is 0. The van der Waals surface area contributed by atoms with Gasteiger partial charge in [0.1, 0.15) is 0 Å². The van der Waals surface area contributed by atoms with Crippen molar-refractivity contribution in [1.82, 2.24) is 0 Å². The van der Waals surface area contributed by atoms with Crippen LogP contribution < -0.4 is 11.1 Å². The minimum atomic E-state index is 0.124. The van der Waals surface area contributed by atoms with Crippen molar-refractivity contribution in [2.24, 2.45) is 10.9 Å². The maximum atomic E-state index is 8.71. The molecule has 0 atom stereocenters. The van der Waals surface area contributed by atoms with Crippen LogP contribution in [0.25, 0.3) is 0 Å². The van der Waals surface area contributed by atoms with Crippen LogP contribution in [0.2, 0.25) is 0 Å². The first-order valence-electron chi connectivity index (χ1n) is 6.48. The van der Waals surface area contributed by atoms with Crippen LogP contribution in [0.3, 0.4) is 0 Å². The lowest BCUT2D eigenvalue weighted by Gasteiger charge is -2.13. The zero-order chi connectivity index (χ0) is 14.5. The molecule has 4 heteroatoms. The molecule has 0 aliphatic heterocycles. The topological polar surface area (TPSA) is 70.6 Å². The Kier molecular flexibility index (Phi) is 4.25. The van der Waals surface area contributed by atoms with Crippen molar-refractivity contribution < 1.29 is 5.21 Å². The first-order chi connectivity index (χ1) is 9.61. The molecule has 0 unspecified atom stereocenters. The molecule has 0 amide bonds. The zero-order valence-corrected chi connectivity index (χ0v) is 11.7. The summed E-state index contributed by atoms with van der Waals surface area (Å²) in [5, 5.41) is 15.2. The van der Waals surface area contributed by atoms with E-state index in [9.17, 15) is 0 Å². The van der Waals surface area contributed by atoms with E-state index in [2.05, 4.69) is 42.5 Å². The molecule has 0 radical (unpaired) electrons. The van der Waals surface area contributed by atoms with E-state index in [-0.39, 0.29) is 5.84 Å². The maximum Gasteiger partial charge on any atom is 0.170 e. The van der Waals surface area contributed by atoms with Gasteiger partial charge in [-0.25, -0.2) is 0 Å². The van der Waals surface area contributed by atoms with Crippen LogP contribution in [0, 0.1) is 13.8 Å². The molecule has 0 bridgehead atoms. The Bertz CT molecular complexity index is 615. The summed E-state index contributed by atoms with van der Waals surface area (Å²) in [5.41, 5.74) is 11.0. The van der Waals surface area contributed by atoms with Gasteiger partial charge in [-0.1, -0.05) is 41.6 Å². The molecule has 0 saturated carbocycles. The maximum absolute atomic E-state index is 8.71. The van der Waals surface area contributed by atoms with Crippen LogP contribution in [0.4, 0.5) is 5.69 Å². The van der Waals surface area contributed by atoms with Crippen molar-refractivity contribution in [3.63, 3.8) is 0 Å². The predicted octanol–water partition coefficient (Wildman–Crippen LogP) is 3.01. The molecule has 0 aromatic heterocycles. The summed E-state index contributed by atoms with van der Waals surface area (Å²) in [6, 6.07) is 13.9. The van der Waals surface area contributed by atoms with Crippen LogP contribution in [-0.4, -0.2) is 11.0 Å². The molecule has 0 spiro atoms. The van der Waals surface area contributed by atoms with Gasteiger partial charge in [0.15, 0.2) is 5.84 Å². The van der Waals surface area contributed by atoms with Crippen molar-refractivity contribution in [1.29, 1.82) is 0 Å². The molecule has 2 rings (SSSR count). The molecule has 4 N–H and O–H groups in total. The molecule has 104 valence electrons. The molecule has 0 aliphatic rings. The highest BCUT2D eigenvalue weighted by Crippen LogP contribution is 2.20. The van der Waals surface area contributed by atoms with E-state index in [0.717, 1.165) is 11.3 Å². The summed E-state index contributed by atoms with van der Waals surface area (Å²) in [7, 11) is 0. The molecule has 0 aliphatic carbocycles. The highest BCUT2D eigenvalue weighted by atomic mass is 16.4. The average Bonchev–Trinajstić information content (AvgIpc) is 2.46. The Morgan fingerprint density at radius 3 is 2.45 bits per heavy atom. The third-order valence-corrected chi connectivity index (χ3v) is 3.28. The summed E-state index contributed by atoms with van der Waals surface area (Å²) in [6.45, 7) is 4.86. The van der Waals surface area contributed by atoms with Crippen LogP contribution in [0.5, 0.6) is 0 Å².